The van der Waals surface area contributed by atoms with E-state index >= 15 is 0 Å². The van der Waals surface area contributed by atoms with Crippen LogP contribution in [-0.2, 0) is 21.2 Å². The number of benzene rings is 1. The van der Waals surface area contributed by atoms with E-state index in [-0.39, 0.29) is 0 Å². The summed E-state index contributed by atoms with van der Waals surface area (Å²) < 4.78 is 24.3. The molecule has 0 saturated carbocycles. The van der Waals surface area contributed by atoms with E-state index in [0.29, 0.717) is 18.0 Å². The van der Waals surface area contributed by atoms with Crippen LogP contribution in [0.1, 0.15) is 12.0 Å². The lowest BCUT2D eigenvalue weighted by atomic mass is 10.1. The molecule has 0 aliphatic rings. The number of aryl methyl sites for hydroxylation is 1. The Balaban J connectivity index is 2.28. The van der Waals surface area contributed by atoms with Crippen molar-refractivity contribution in [1.82, 2.24) is 10.0 Å². The zero-order valence-corrected chi connectivity index (χ0v) is 12.2. The van der Waals surface area contributed by atoms with E-state index < -0.39 is 21.7 Å². The van der Waals surface area contributed by atoms with Crippen molar-refractivity contribution in [3.8, 4) is 0 Å². The predicted octanol–water partition coefficient (Wildman–Crippen LogP) is 0.938. The molecule has 1 amide bonds. The molecule has 19 heavy (non-hydrogen) atoms. The number of rotatable bonds is 7. The van der Waals surface area contributed by atoms with Crippen LogP contribution < -0.4 is 10.0 Å². The van der Waals surface area contributed by atoms with E-state index in [1.807, 2.05) is 24.3 Å². The Morgan fingerprint density at radius 1 is 1.32 bits per heavy atom. The molecular weight excluding hydrogens is 288 g/mol. The maximum absolute atomic E-state index is 11.3. The molecule has 1 aromatic rings. The molecule has 0 fully saturated rings. The number of nitrogens with one attached hydrogen (secondary N) is 2. The highest BCUT2D eigenvalue weighted by atomic mass is 35.5. The number of carbonyl (C=O) groups excluding carboxylic acids is 1. The molecule has 7 heteroatoms. The maximum atomic E-state index is 11.3. The number of hydrogen-bond donors (Lipinski definition) is 2. The predicted molar refractivity (Wildman–Crippen MR) is 75.6 cm³/mol. The van der Waals surface area contributed by atoms with Crippen molar-refractivity contribution in [3.63, 3.8) is 0 Å². The van der Waals surface area contributed by atoms with Gasteiger partial charge in [-0.3, -0.25) is 4.79 Å². The summed E-state index contributed by atoms with van der Waals surface area (Å²) in [5.74, 6) is -1.05. The number of amides is 1. The highest BCUT2D eigenvalue weighted by Gasteiger charge is 2.13. The Bertz CT molecular complexity index is 532. The van der Waals surface area contributed by atoms with Crippen molar-refractivity contribution in [3.05, 3.63) is 34.9 Å². The Hall–Kier alpha value is -1.11. The van der Waals surface area contributed by atoms with E-state index in [9.17, 15) is 13.2 Å². The Morgan fingerprint density at radius 3 is 2.63 bits per heavy atom. The number of hydrogen-bond acceptors (Lipinski definition) is 3. The van der Waals surface area contributed by atoms with Crippen molar-refractivity contribution >= 4 is 27.5 Å². The molecule has 0 bridgehead atoms. The fourth-order valence-corrected chi connectivity index (χ4v) is 2.33. The molecule has 0 heterocycles. The minimum Gasteiger partial charge on any atom is -0.355 e. The van der Waals surface area contributed by atoms with Gasteiger partial charge in [0.25, 0.3) is 0 Å². The highest BCUT2D eigenvalue weighted by Crippen LogP contribution is 2.16. The number of sulfonamides is 1. The fourth-order valence-electron chi connectivity index (χ4n) is 1.50. The summed E-state index contributed by atoms with van der Waals surface area (Å²) in [6.07, 6.45) is 1.44. The second kappa shape index (κ2) is 7.47. The third-order valence-corrected chi connectivity index (χ3v) is 4.17. The molecule has 0 atom stereocenters. The molecule has 0 radical (unpaired) electrons. The van der Waals surface area contributed by atoms with Crippen LogP contribution in [0.25, 0.3) is 0 Å². The van der Waals surface area contributed by atoms with Gasteiger partial charge in [-0.2, -0.15) is 0 Å². The van der Waals surface area contributed by atoms with Crippen LogP contribution in [0.3, 0.4) is 0 Å². The van der Waals surface area contributed by atoms with Gasteiger partial charge < -0.3 is 5.32 Å². The smallest absolute Gasteiger partial charge is 0.236 e. The van der Waals surface area contributed by atoms with Gasteiger partial charge in [-0.15, -0.1) is 0 Å². The lowest BCUT2D eigenvalue weighted by Crippen LogP contribution is -2.35. The molecule has 0 aliphatic carbocycles. The van der Waals surface area contributed by atoms with Gasteiger partial charge >= 0.3 is 0 Å². The summed E-state index contributed by atoms with van der Waals surface area (Å²) in [6, 6.07) is 7.50. The zero-order chi connectivity index (χ0) is 14.3. The van der Waals surface area contributed by atoms with Gasteiger partial charge in [-0.25, -0.2) is 13.1 Å². The molecule has 0 aromatic heterocycles. The normalized spacial score (nSPS) is 11.3. The first kappa shape index (κ1) is 15.9. The van der Waals surface area contributed by atoms with E-state index in [2.05, 4.69) is 10.0 Å². The van der Waals surface area contributed by atoms with Crippen LogP contribution in [0.2, 0.25) is 5.02 Å². The van der Waals surface area contributed by atoms with Crippen molar-refractivity contribution in [2.24, 2.45) is 0 Å². The molecule has 1 rings (SSSR count). The van der Waals surface area contributed by atoms with Gasteiger partial charge in [0.15, 0.2) is 0 Å². The lowest BCUT2D eigenvalue weighted by Gasteiger charge is -2.06. The first-order valence-electron chi connectivity index (χ1n) is 5.86. The van der Waals surface area contributed by atoms with E-state index in [4.69, 9.17) is 11.6 Å². The Kier molecular flexibility index (Phi) is 6.27. The van der Waals surface area contributed by atoms with Crippen molar-refractivity contribution in [2.75, 3.05) is 19.3 Å². The van der Waals surface area contributed by atoms with Gasteiger partial charge in [-0.05, 0) is 31.5 Å². The molecule has 2 N–H and O–H groups in total. The average molecular weight is 305 g/mol. The molecule has 5 nitrogen and oxygen atoms in total. The minimum atomic E-state index is -3.50. The summed E-state index contributed by atoms with van der Waals surface area (Å²) in [4.78, 5) is 11.3. The van der Waals surface area contributed by atoms with Crippen LogP contribution in [0.5, 0.6) is 0 Å². The van der Waals surface area contributed by atoms with Gasteiger partial charge in [0.05, 0.1) is 0 Å². The topological polar surface area (TPSA) is 75.3 Å². The van der Waals surface area contributed by atoms with E-state index in [1.54, 1.807) is 0 Å². The average Bonchev–Trinajstić information content (AvgIpc) is 2.36. The van der Waals surface area contributed by atoms with Crippen LogP contribution in [0.15, 0.2) is 24.3 Å². The van der Waals surface area contributed by atoms with Gasteiger partial charge in [0.1, 0.15) is 5.75 Å². The zero-order valence-electron chi connectivity index (χ0n) is 10.6. The second-order valence-electron chi connectivity index (χ2n) is 4.01. The number of carbonyl (C=O) groups is 1. The number of halogens is 1. The lowest BCUT2D eigenvalue weighted by molar-refractivity contribution is -0.118. The van der Waals surface area contributed by atoms with Crippen LogP contribution in [-0.4, -0.2) is 33.7 Å². The Morgan fingerprint density at radius 2 is 2.00 bits per heavy atom. The van der Waals surface area contributed by atoms with Gasteiger partial charge in [0.2, 0.25) is 15.9 Å². The van der Waals surface area contributed by atoms with Crippen LogP contribution in [0, 0.1) is 0 Å². The molecular formula is C12H17ClN2O3S. The van der Waals surface area contributed by atoms with E-state index in [0.717, 1.165) is 12.0 Å². The largest absolute Gasteiger partial charge is 0.355 e. The van der Waals surface area contributed by atoms with E-state index in [1.165, 1.54) is 7.05 Å². The molecule has 0 unspecified atom stereocenters. The van der Waals surface area contributed by atoms with Crippen LogP contribution >= 0.6 is 11.6 Å². The first-order chi connectivity index (χ1) is 8.94. The fraction of sp³-hybridized carbons (Fsp3) is 0.417. The third-order valence-electron chi connectivity index (χ3n) is 2.54. The quantitative estimate of drug-likeness (QED) is 0.736. The summed E-state index contributed by atoms with van der Waals surface area (Å²) in [7, 11) is -2.22. The van der Waals surface area contributed by atoms with Crippen LogP contribution in [0.4, 0.5) is 0 Å². The molecule has 0 saturated heterocycles. The van der Waals surface area contributed by atoms with Gasteiger partial charge in [-0.1, -0.05) is 29.8 Å². The van der Waals surface area contributed by atoms with Gasteiger partial charge in [0, 0.05) is 11.6 Å². The molecule has 0 aliphatic heterocycles. The monoisotopic (exact) mass is 304 g/mol. The minimum absolute atomic E-state index is 0.420. The highest BCUT2D eigenvalue weighted by molar-refractivity contribution is 7.90. The molecule has 1 aromatic carbocycles. The summed E-state index contributed by atoms with van der Waals surface area (Å²) in [6.45, 7) is 0.420. The first-order valence-corrected chi connectivity index (χ1v) is 7.89. The second-order valence-corrected chi connectivity index (χ2v) is 6.34. The summed E-state index contributed by atoms with van der Waals surface area (Å²) in [5.41, 5.74) is 1.02. The molecule has 106 valence electrons. The van der Waals surface area contributed by atoms with Crippen molar-refractivity contribution in [2.45, 2.75) is 12.8 Å². The summed E-state index contributed by atoms with van der Waals surface area (Å²) >= 11 is 6.00. The third kappa shape index (κ3) is 6.04. The van der Waals surface area contributed by atoms with Crippen molar-refractivity contribution < 1.29 is 13.2 Å². The summed E-state index contributed by atoms with van der Waals surface area (Å²) in [5, 5.41) is 3.26. The standard InChI is InChI=1S/C12H17ClN2O3S/c1-14-19(17,18)9-12(16)15-8-4-6-10-5-2-3-7-11(10)13/h2-3,5,7,14H,4,6,8-9H2,1H3,(H,15,16). The van der Waals surface area contributed by atoms with Crippen molar-refractivity contribution in [1.29, 1.82) is 0 Å². The SMILES string of the molecule is CNS(=O)(=O)CC(=O)NCCCc1ccccc1Cl. The molecule has 0 spiro atoms. The maximum Gasteiger partial charge on any atom is 0.236 e. The Labute approximate surface area is 118 Å².